The predicted octanol–water partition coefficient (Wildman–Crippen LogP) is 2.01. The normalized spacial score (nSPS) is 10.0. The average molecular weight is 178 g/mol. The van der Waals surface area contributed by atoms with E-state index in [2.05, 4.69) is 23.9 Å². The molecule has 2 nitrogen and oxygen atoms in total. The number of methoxy groups -OCH3 is 1. The Bertz CT molecular complexity index is 230. The van der Waals surface area contributed by atoms with Crippen molar-refractivity contribution in [1.82, 2.24) is 5.32 Å². The molecule has 0 saturated heterocycles. The molecule has 0 atom stereocenters. The van der Waals surface area contributed by atoms with Gasteiger partial charge in [-0.1, -0.05) is 19.1 Å². The molecular weight excluding hydrogens is 162 g/mol. The molecule has 0 aliphatic heterocycles. The molecule has 1 N–H and O–H groups in total. The Morgan fingerprint density at radius 2 is 2.00 bits per heavy atom. The highest BCUT2D eigenvalue weighted by Crippen LogP contribution is 2.10. The van der Waals surface area contributed by atoms with E-state index >= 15 is 0 Å². The summed E-state index contributed by atoms with van der Waals surface area (Å²) in [4.78, 5) is 0. The average Bonchev–Trinajstić information content (AvgIpc) is 2.19. The molecule has 0 aromatic heterocycles. The van der Waals surface area contributed by atoms with Crippen LogP contribution in [0, 0.1) is 6.42 Å². The van der Waals surface area contributed by atoms with E-state index < -0.39 is 0 Å². The highest BCUT2D eigenvalue weighted by Gasteiger charge is 1.92. The second kappa shape index (κ2) is 5.60. The fraction of sp³-hybridized carbons (Fsp3) is 0.364. The molecule has 0 spiro atoms. The van der Waals surface area contributed by atoms with Crippen molar-refractivity contribution in [3.63, 3.8) is 0 Å². The fourth-order valence-electron chi connectivity index (χ4n) is 1.10. The van der Waals surface area contributed by atoms with Gasteiger partial charge < -0.3 is 10.1 Å². The van der Waals surface area contributed by atoms with Crippen LogP contribution in [0.5, 0.6) is 5.75 Å². The van der Waals surface area contributed by atoms with Crippen LogP contribution >= 0.6 is 0 Å². The summed E-state index contributed by atoms with van der Waals surface area (Å²) < 4.78 is 5.07. The van der Waals surface area contributed by atoms with Crippen molar-refractivity contribution in [2.45, 2.75) is 13.5 Å². The largest absolute Gasteiger partial charge is 0.497 e. The Morgan fingerprint density at radius 1 is 1.31 bits per heavy atom. The minimum Gasteiger partial charge on any atom is -0.497 e. The molecule has 2 heteroatoms. The van der Waals surface area contributed by atoms with Gasteiger partial charge >= 0.3 is 0 Å². The van der Waals surface area contributed by atoms with E-state index in [-0.39, 0.29) is 0 Å². The molecule has 0 heterocycles. The number of ether oxygens (including phenoxy) is 1. The first-order chi connectivity index (χ1) is 6.36. The first-order valence-electron chi connectivity index (χ1n) is 4.48. The van der Waals surface area contributed by atoms with Gasteiger partial charge in [0.05, 0.1) is 7.11 Å². The molecule has 71 valence electrons. The van der Waals surface area contributed by atoms with E-state index in [1.807, 2.05) is 19.1 Å². The van der Waals surface area contributed by atoms with E-state index in [1.54, 1.807) is 7.11 Å². The molecular formula is C11H16NO. The van der Waals surface area contributed by atoms with Gasteiger partial charge in [0.25, 0.3) is 0 Å². The van der Waals surface area contributed by atoms with Gasteiger partial charge in [0.2, 0.25) is 0 Å². The van der Waals surface area contributed by atoms with Gasteiger partial charge in [-0.2, -0.15) is 0 Å². The summed E-state index contributed by atoms with van der Waals surface area (Å²) in [5, 5.41) is 3.29. The molecule has 0 saturated carbocycles. The molecule has 13 heavy (non-hydrogen) atoms. The fourth-order valence-corrected chi connectivity index (χ4v) is 1.10. The highest BCUT2D eigenvalue weighted by molar-refractivity contribution is 5.26. The lowest BCUT2D eigenvalue weighted by Crippen LogP contribution is -2.13. The minimum atomic E-state index is 0.908. The van der Waals surface area contributed by atoms with Crippen molar-refractivity contribution in [3.05, 3.63) is 36.2 Å². The predicted molar refractivity (Wildman–Crippen MR) is 54.7 cm³/mol. The zero-order valence-electron chi connectivity index (χ0n) is 8.21. The van der Waals surface area contributed by atoms with Gasteiger partial charge in [-0.15, -0.1) is 0 Å². The molecule has 0 aliphatic rings. The van der Waals surface area contributed by atoms with E-state index in [0.717, 1.165) is 18.8 Å². The summed E-state index contributed by atoms with van der Waals surface area (Å²) in [6.45, 7) is 3.90. The van der Waals surface area contributed by atoms with Crippen LogP contribution in [0.1, 0.15) is 12.5 Å². The van der Waals surface area contributed by atoms with Gasteiger partial charge in [0, 0.05) is 6.54 Å². The van der Waals surface area contributed by atoms with Crippen LogP contribution in [0.4, 0.5) is 0 Å². The van der Waals surface area contributed by atoms with E-state index in [4.69, 9.17) is 4.74 Å². The Kier molecular flexibility index (Phi) is 4.33. The van der Waals surface area contributed by atoms with Crippen molar-refractivity contribution in [3.8, 4) is 5.75 Å². The maximum Gasteiger partial charge on any atom is 0.118 e. The number of nitrogens with one attached hydrogen (secondary N) is 1. The lowest BCUT2D eigenvalue weighted by molar-refractivity contribution is 0.414. The number of rotatable bonds is 5. The van der Waals surface area contributed by atoms with Crippen molar-refractivity contribution < 1.29 is 4.74 Å². The Morgan fingerprint density at radius 3 is 2.54 bits per heavy atom. The van der Waals surface area contributed by atoms with Crippen LogP contribution in [0.2, 0.25) is 0 Å². The lowest BCUT2D eigenvalue weighted by Gasteiger charge is -2.04. The molecule has 1 radical (unpaired) electrons. The molecule has 0 bridgehead atoms. The summed E-state index contributed by atoms with van der Waals surface area (Å²) in [5.41, 5.74) is 1.28. The molecule has 0 aliphatic carbocycles. The van der Waals surface area contributed by atoms with E-state index in [0.29, 0.717) is 0 Å². The van der Waals surface area contributed by atoms with Gasteiger partial charge in [-0.25, -0.2) is 0 Å². The topological polar surface area (TPSA) is 21.3 Å². The summed E-state index contributed by atoms with van der Waals surface area (Å²) in [6, 6.07) is 8.10. The molecule has 0 unspecified atom stereocenters. The zero-order valence-corrected chi connectivity index (χ0v) is 8.21. The minimum absolute atomic E-state index is 0.908. The first-order valence-corrected chi connectivity index (χ1v) is 4.48. The molecule has 1 rings (SSSR count). The number of hydrogen-bond acceptors (Lipinski definition) is 2. The van der Waals surface area contributed by atoms with Gasteiger partial charge in [-0.3, -0.25) is 0 Å². The van der Waals surface area contributed by atoms with Crippen molar-refractivity contribution in [2.24, 2.45) is 0 Å². The van der Waals surface area contributed by atoms with Gasteiger partial charge in [0.1, 0.15) is 5.75 Å². The Balaban J connectivity index is 2.40. The maximum atomic E-state index is 5.07. The summed E-state index contributed by atoms with van der Waals surface area (Å²) in [5.74, 6) is 0.908. The smallest absolute Gasteiger partial charge is 0.118 e. The standard InChI is InChI=1S/C11H16NO/c1-3-8-12-9-10-4-6-11(13-2)7-5-10/h3-7,12H,8-9H2,1-2H3. The van der Waals surface area contributed by atoms with Crippen LogP contribution in [-0.2, 0) is 6.54 Å². The van der Waals surface area contributed by atoms with Gasteiger partial charge in [0.15, 0.2) is 0 Å². The molecule has 1 aromatic rings. The monoisotopic (exact) mass is 178 g/mol. The Hall–Kier alpha value is -1.02. The van der Waals surface area contributed by atoms with Crippen molar-refractivity contribution in [1.29, 1.82) is 0 Å². The molecule has 0 fully saturated rings. The first kappa shape index (κ1) is 10.1. The maximum absolute atomic E-state index is 5.07. The van der Waals surface area contributed by atoms with Crippen LogP contribution in [0.15, 0.2) is 24.3 Å². The summed E-state index contributed by atoms with van der Waals surface area (Å²) in [6.07, 6.45) is 2.10. The Labute approximate surface area is 79.9 Å². The number of hydrogen-bond donors (Lipinski definition) is 1. The van der Waals surface area contributed by atoms with Crippen molar-refractivity contribution >= 4 is 0 Å². The zero-order chi connectivity index (χ0) is 9.52. The van der Waals surface area contributed by atoms with Crippen LogP contribution < -0.4 is 10.1 Å². The van der Waals surface area contributed by atoms with Crippen LogP contribution in [-0.4, -0.2) is 13.7 Å². The van der Waals surface area contributed by atoms with E-state index in [9.17, 15) is 0 Å². The third-order valence-corrected chi connectivity index (χ3v) is 1.84. The second-order valence-corrected chi connectivity index (χ2v) is 2.89. The van der Waals surface area contributed by atoms with Crippen LogP contribution in [0.3, 0.4) is 0 Å². The van der Waals surface area contributed by atoms with E-state index in [1.165, 1.54) is 5.56 Å². The second-order valence-electron chi connectivity index (χ2n) is 2.89. The van der Waals surface area contributed by atoms with Crippen molar-refractivity contribution in [2.75, 3.05) is 13.7 Å². The lowest BCUT2D eigenvalue weighted by atomic mass is 10.2. The molecule has 0 amide bonds. The SMILES string of the molecule is C[CH]CNCc1ccc(OC)cc1. The van der Waals surface area contributed by atoms with Crippen LogP contribution in [0.25, 0.3) is 0 Å². The highest BCUT2D eigenvalue weighted by atomic mass is 16.5. The van der Waals surface area contributed by atoms with Gasteiger partial charge in [-0.05, 0) is 30.7 Å². The quantitative estimate of drug-likeness (QED) is 0.696. The molecule has 1 aromatic carbocycles. The number of benzene rings is 1. The summed E-state index contributed by atoms with van der Waals surface area (Å²) >= 11 is 0. The third kappa shape index (κ3) is 3.47. The third-order valence-electron chi connectivity index (χ3n) is 1.84. The summed E-state index contributed by atoms with van der Waals surface area (Å²) in [7, 11) is 1.68.